The molecule has 148 valence electrons. The molecule has 0 heterocycles. The predicted octanol–water partition coefficient (Wildman–Crippen LogP) is 6.45. The second kappa shape index (κ2) is 9.28. The van der Waals surface area contributed by atoms with Crippen molar-refractivity contribution in [2.24, 2.45) is 5.92 Å². The van der Waals surface area contributed by atoms with E-state index in [1.54, 1.807) is 0 Å². The SMILES string of the molecule is CCCCCc1cc(F)c(CCC2CCc3c(ccc(C#N)c3F)C2)c(F)c1. The van der Waals surface area contributed by atoms with Crippen LogP contribution in [0.25, 0.3) is 0 Å². The molecular weight excluding hydrogens is 359 g/mol. The lowest BCUT2D eigenvalue weighted by Gasteiger charge is -2.25. The molecule has 0 radical (unpaired) electrons. The van der Waals surface area contributed by atoms with Gasteiger partial charge in [0.05, 0.1) is 5.56 Å². The van der Waals surface area contributed by atoms with Crippen LogP contribution in [-0.2, 0) is 25.7 Å². The van der Waals surface area contributed by atoms with Gasteiger partial charge in [-0.15, -0.1) is 0 Å². The first-order valence-corrected chi connectivity index (χ1v) is 10.2. The fourth-order valence-electron chi connectivity index (χ4n) is 4.18. The summed E-state index contributed by atoms with van der Waals surface area (Å²) in [6, 6.07) is 8.16. The average molecular weight is 385 g/mol. The van der Waals surface area contributed by atoms with E-state index in [0.717, 1.165) is 36.8 Å². The van der Waals surface area contributed by atoms with Gasteiger partial charge in [-0.05, 0) is 85.8 Å². The fraction of sp³-hybridized carbons (Fsp3) is 0.458. The van der Waals surface area contributed by atoms with Gasteiger partial charge in [0.1, 0.15) is 23.5 Å². The first kappa shape index (κ1) is 20.5. The number of fused-ring (bicyclic) bond motifs is 1. The zero-order valence-electron chi connectivity index (χ0n) is 16.3. The Bertz CT molecular complexity index is 859. The molecule has 1 aliphatic rings. The smallest absolute Gasteiger partial charge is 0.144 e. The number of aryl methyl sites for hydroxylation is 1. The van der Waals surface area contributed by atoms with Crippen molar-refractivity contribution in [3.63, 3.8) is 0 Å². The van der Waals surface area contributed by atoms with Gasteiger partial charge in [0.25, 0.3) is 0 Å². The van der Waals surface area contributed by atoms with Gasteiger partial charge >= 0.3 is 0 Å². The van der Waals surface area contributed by atoms with Crippen LogP contribution in [0, 0.1) is 34.7 Å². The molecule has 4 heteroatoms. The number of hydrogen-bond acceptors (Lipinski definition) is 1. The van der Waals surface area contributed by atoms with E-state index in [0.29, 0.717) is 37.7 Å². The molecule has 0 aliphatic heterocycles. The van der Waals surface area contributed by atoms with Crippen molar-refractivity contribution >= 4 is 0 Å². The van der Waals surface area contributed by atoms with Crippen molar-refractivity contribution in [2.75, 3.05) is 0 Å². The summed E-state index contributed by atoms with van der Waals surface area (Å²) in [6.45, 7) is 2.10. The number of unbranched alkanes of at least 4 members (excludes halogenated alkanes) is 2. The Morgan fingerprint density at radius 3 is 2.50 bits per heavy atom. The second-order valence-electron chi connectivity index (χ2n) is 7.82. The van der Waals surface area contributed by atoms with Gasteiger partial charge in [-0.3, -0.25) is 0 Å². The molecule has 3 rings (SSSR count). The van der Waals surface area contributed by atoms with Crippen molar-refractivity contribution in [3.05, 3.63) is 69.5 Å². The van der Waals surface area contributed by atoms with E-state index in [4.69, 9.17) is 5.26 Å². The first-order chi connectivity index (χ1) is 13.5. The Balaban J connectivity index is 1.63. The van der Waals surface area contributed by atoms with Crippen molar-refractivity contribution in [2.45, 2.75) is 64.7 Å². The molecule has 1 atom stereocenters. The Labute approximate surface area is 165 Å². The van der Waals surface area contributed by atoms with Crippen LogP contribution < -0.4 is 0 Å². The lowest BCUT2D eigenvalue weighted by molar-refractivity contribution is 0.411. The molecule has 2 aromatic carbocycles. The van der Waals surface area contributed by atoms with Gasteiger partial charge in [-0.2, -0.15) is 5.26 Å². The predicted molar refractivity (Wildman–Crippen MR) is 105 cm³/mol. The third-order valence-electron chi connectivity index (χ3n) is 5.84. The largest absolute Gasteiger partial charge is 0.207 e. The van der Waals surface area contributed by atoms with Gasteiger partial charge in [0, 0.05) is 5.56 Å². The van der Waals surface area contributed by atoms with E-state index in [1.807, 2.05) is 12.1 Å². The van der Waals surface area contributed by atoms with Crippen LogP contribution in [0.4, 0.5) is 13.2 Å². The topological polar surface area (TPSA) is 23.8 Å². The minimum Gasteiger partial charge on any atom is -0.207 e. The van der Waals surface area contributed by atoms with Crippen LogP contribution in [0.15, 0.2) is 24.3 Å². The summed E-state index contributed by atoms with van der Waals surface area (Å²) in [5.41, 5.74) is 2.52. The number of rotatable bonds is 7. The highest BCUT2D eigenvalue weighted by Crippen LogP contribution is 2.32. The Kier molecular flexibility index (Phi) is 6.78. The average Bonchev–Trinajstić information content (AvgIpc) is 2.68. The number of halogens is 3. The highest BCUT2D eigenvalue weighted by molar-refractivity contribution is 5.41. The molecule has 1 aliphatic carbocycles. The summed E-state index contributed by atoms with van der Waals surface area (Å²) in [4.78, 5) is 0. The van der Waals surface area contributed by atoms with Crippen LogP contribution in [0.3, 0.4) is 0 Å². The van der Waals surface area contributed by atoms with Gasteiger partial charge in [0.2, 0.25) is 0 Å². The van der Waals surface area contributed by atoms with Crippen LogP contribution >= 0.6 is 0 Å². The third-order valence-corrected chi connectivity index (χ3v) is 5.84. The van der Waals surface area contributed by atoms with Gasteiger partial charge < -0.3 is 0 Å². The monoisotopic (exact) mass is 385 g/mol. The van der Waals surface area contributed by atoms with Gasteiger partial charge in [-0.25, -0.2) is 13.2 Å². The molecular formula is C24H26F3N. The van der Waals surface area contributed by atoms with Crippen LogP contribution in [0.5, 0.6) is 0 Å². The molecule has 2 aromatic rings. The van der Waals surface area contributed by atoms with E-state index in [-0.39, 0.29) is 17.0 Å². The Morgan fingerprint density at radius 1 is 1.07 bits per heavy atom. The molecule has 0 spiro atoms. The summed E-state index contributed by atoms with van der Waals surface area (Å²) in [5.74, 6) is -1.04. The van der Waals surface area contributed by atoms with Gasteiger partial charge in [-0.1, -0.05) is 25.8 Å². The van der Waals surface area contributed by atoms with Crippen molar-refractivity contribution < 1.29 is 13.2 Å². The van der Waals surface area contributed by atoms with Crippen molar-refractivity contribution in [3.8, 4) is 6.07 Å². The molecule has 0 saturated heterocycles. The highest BCUT2D eigenvalue weighted by atomic mass is 19.1. The normalized spacial score (nSPS) is 15.9. The summed E-state index contributed by atoms with van der Waals surface area (Å²) < 4.78 is 43.1. The minimum absolute atomic E-state index is 0.0837. The molecule has 0 N–H and O–H groups in total. The fourth-order valence-corrected chi connectivity index (χ4v) is 4.18. The first-order valence-electron chi connectivity index (χ1n) is 10.2. The Morgan fingerprint density at radius 2 is 1.82 bits per heavy atom. The van der Waals surface area contributed by atoms with Crippen LogP contribution in [-0.4, -0.2) is 0 Å². The molecule has 0 bridgehead atoms. The minimum atomic E-state index is -0.451. The molecule has 1 nitrogen and oxygen atoms in total. The van der Waals surface area contributed by atoms with Crippen LogP contribution in [0.2, 0.25) is 0 Å². The molecule has 28 heavy (non-hydrogen) atoms. The zero-order valence-corrected chi connectivity index (χ0v) is 16.3. The third kappa shape index (κ3) is 4.58. The van der Waals surface area contributed by atoms with E-state index in [2.05, 4.69) is 6.92 Å². The zero-order chi connectivity index (χ0) is 20.1. The lowest BCUT2D eigenvalue weighted by atomic mass is 9.80. The summed E-state index contributed by atoms with van der Waals surface area (Å²) in [5, 5.41) is 8.95. The number of nitriles is 1. The van der Waals surface area contributed by atoms with Crippen molar-refractivity contribution in [1.29, 1.82) is 5.26 Å². The molecule has 0 saturated carbocycles. The summed E-state index contributed by atoms with van der Waals surface area (Å²) in [6.07, 6.45) is 6.85. The quantitative estimate of drug-likeness (QED) is 0.503. The Hall–Kier alpha value is -2.28. The maximum absolute atomic E-state index is 14.4. The summed E-state index contributed by atoms with van der Waals surface area (Å²) in [7, 11) is 0. The number of benzene rings is 2. The van der Waals surface area contributed by atoms with E-state index >= 15 is 0 Å². The van der Waals surface area contributed by atoms with Crippen LogP contribution in [0.1, 0.15) is 66.8 Å². The van der Waals surface area contributed by atoms with E-state index in [1.165, 1.54) is 18.2 Å². The molecule has 1 unspecified atom stereocenters. The molecule has 0 amide bonds. The van der Waals surface area contributed by atoms with Gasteiger partial charge in [0.15, 0.2) is 0 Å². The van der Waals surface area contributed by atoms with Crippen molar-refractivity contribution in [1.82, 2.24) is 0 Å². The molecule has 0 aromatic heterocycles. The molecule has 0 fully saturated rings. The lowest BCUT2D eigenvalue weighted by Crippen LogP contribution is -2.17. The van der Waals surface area contributed by atoms with E-state index < -0.39 is 17.5 Å². The second-order valence-corrected chi connectivity index (χ2v) is 7.82. The van der Waals surface area contributed by atoms with E-state index in [9.17, 15) is 13.2 Å². The number of nitrogens with zero attached hydrogens (tertiary/aromatic N) is 1. The highest BCUT2D eigenvalue weighted by Gasteiger charge is 2.23. The number of hydrogen-bond donors (Lipinski definition) is 0. The maximum atomic E-state index is 14.4. The summed E-state index contributed by atoms with van der Waals surface area (Å²) >= 11 is 0. The standard InChI is InChI=1S/C24H26F3N/c1-2-3-4-5-17-13-22(25)21(23(26)14-17)11-7-16-6-10-20-18(12-16)8-9-19(15-28)24(20)27/h8-9,13-14,16H,2-7,10-12H2,1H3. The maximum Gasteiger partial charge on any atom is 0.144 e.